The van der Waals surface area contributed by atoms with Crippen molar-refractivity contribution in [2.45, 2.75) is 0 Å². The SMILES string of the molecule is C=Cc1cc([N+](=O)[O-])ccc1Oc1ccccc1. The van der Waals surface area contributed by atoms with Gasteiger partial charge in [-0.15, -0.1) is 0 Å². The van der Waals surface area contributed by atoms with Crippen LogP contribution in [-0.4, -0.2) is 4.92 Å². The van der Waals surface area contributed by atoms with Gasteiger partial charge >= 0.3 is 0 Å². The summed E-state index contributed by atoms with van der Waals surface area (Å²) in [6.45, 7) is 3.63. The second-order valence-corrected chi connectivity index (χ2v) is 3.60. The molecule has 0 radical (unpaired) electrons. The van der Waals surface area contributed by atoms with Crippen LogP contribution in [0, 0.1) is 10.1 Å². The number of non-ortho nitro benzene ring substituents is 1. The minimum atomic E-state index is -0.445. The van der Waals surface area contributed by atoms with Crippen LogP contribution in [0.2, 0.25) is 0 Å². The molecule has 2 aromatic carbocycles. The minimum Gasteiger partial charge on any atom is -0.457 e. The molecule has 4 heteroatoms. The highest BCUT2D eigenvalue weighted by atomic mass is 16.6. The minimum absolute atomic E-state index is 0.0188. The highest BCUT2D eigenvalue weighted by Crippen LogP contribution is 2.29. The van der Waals surface area contributed by atoms with Gasteiger partial charge in [0.05, 0.1) is 4.92 Å². The predicted octanol–water partition coefficient (Wildman–Crippen LogP) is 4.03. The van der Waals surface area contributed by atoms with E-state index in [0.29, 0.717) is 17.1 Å². The van der Waals surface area contributed by atoms with Crippen molar-refractivity contribution in [3.8, 4) is 11.5 Å². The molecule has 0 saturated carbocycles. The maximum absolute atomic E-state index is 10.7. The Morgan fingerprint density at radius 1 is 1.17 bits per heavy atom. The summed E-state index contributed by atoms with van der Waals surface area (Å²) >= 11 is 0. The molecule has 0 aliphatic carbocycles. The molecular weight excluding hydrogens is 230 g/mol. The van der Waals surface area contributed by atoms with Gasteiger partial charge in [0.2, 0.25) is 0 Å². The van der Waals surface area contributed by atoms with Gasteiger partial charge in [0.25, 0.3) is 5.69 Å². The molecular formula is C14H11NO3. The number of hydrogen-bond acceptors (Lipinski definition) is 3. The number of hydrogen-bond donors (Lipinski definition) is 0. The highest BCUT2D eigenvalue weighted by molar-refractivity contribution is 5.60. The van der Waals surface area contributed by atoms with Crippen molar-refractivity contribution in [3.63, 3.8) is 0 Å². The van der Waals surface area contributed by atoms with Crippen LogP contribution in [0.1, 0.15) is 5.56 Å². The van der Waals surface area contributed by atoms with Gasteiger partial charge in [0.1, 0.15) is 11.5 Å². The lowest BCUT2D eigenvalue weighted by molar-refractivity contribution is -0.384. The molecule has 0 saturated heterocycles. The summed E-state index contributed by atoms with van der Waals surface area (Å²) in [6.07, 6.45) is 1.53. The normalized spacial score (nSPS) is 9.78. The van der Waals surface area contributed by atoms with Gasteiger partial charge in [-0.25, -0.2) is 0 Å². The molecule has 0 heterocycles. The Morgan fingerprint density at radius 2 is 1.89 bits per heavy atom. The zero-order valence-electron chi connectivity index (χ0n) is 9.58. The van der Waals surface area contributed by atoms with E-state index in [1.165, 1.54) is 18.2 Å². The molecule has 0 fully saturated rings. The van der Waals surface area contributed by atoms with Gasteiger partial charge in [0.15, 0.2) is 0 Å². The molecule has 0 N–H and O–H groups in total. The van der Waals surface area contributed by atoms with E-state index in [9.17, 15) is 10.1 Å². The molecule has 2 rings (SSSR count). The van der Waals surface area contributed by atoms with Crippen LogP contribution in [0.15, 0.2) is 55.1 Å². The van der Waals surface area contributed by atoms with Crippen LogP contribution < -0.4 is 4.74 Å². The summed E-state index contributed by atoms with van der Waals surface area (Å²) < 4.78 is 5.64. The second-order valence-electron chi connectivity index (χ2n) is 3.60. The average molecular weight is 241 g/mol. The van der Waals surface area contributed by atoms with Crippen molar-refractivity contribution in [1.29, 1.82) is 0 Å². The first kappa shape index (κ1) is 11.9. The molecule has 0 bridgehead atoms. The molecule has 0 aliphatic rings. The van der Waals surface area contributed by atoms with Crippen molar-refractivity contribution in [1.82, 2.24) is 0 Å². The van der Waals surface area contributed by atoms with E-state index >= 15 is 0 Å². The van der Waals surface area contributed by atoms with E-state index in [0.717, 1.165) is 0 Å². The van der Waals surface area contributed by atoms with E-state index < -0.39 is 4.92 Å². The van der Waals surface area contributed by atoms with Gasteiger partial charge in [-0.3, -0.25) is 10.1 Å². The molecule has 18 heavy (non-hydrogen) atoms. The fourth-order valence-corrected chi connectivity index (χ4v) is 1.52. The summed E-state index contributed by atoms with van der Waals surface area (Å²) in [4.78, 5) is 10.2. The third-order valence-corrected chi connectivity index (χ3v) is 2.40. The van der Waals surface area contributed by atoms with Crippen LogP contribution in [0.25, 0.3) is 6.08 Å². The fourth-order valence-electron chi connectivity index (χ4n) is 1.52. The Labute approximate surface area is 104 Å². The first-order valence-electron chi connectivity index (χ1n) is 5.34. The molecule has 0 amide bonds. The summed E-state index contributed by atoms with van der Waals surface area (Å²) in [5, 5.41) is 10.7. The highest BCUT2D eigenvalue weighted by Gasteiger charge is 2.10. The van der Waals surface area contributed by atoms with Crippen molar-refractivity contribution < 1.29 is 9.66 Å². The zero-order chi connectivity index (χ0) is 13.0. The lowest BCUT2D eigenvalue weighted by atomic mass is 10.2. The number of benzene rings is 2. The van der Waals surface area contributed by atoms with Crippen LogP contribution in [-0.2, 0) is 0 Å². The predicted molar refractivity (Wildman–Crippen MR) is 69.7 cm³/mol. The molecule has 0 atom stereocenters. The molecule has 2 aromatic rings. The van der Waals surface area contributed by atoms with E-state index in [-0.39, 0.29) is 5.69 Å². The number of nitro benzene ring substituents is 1. The standard InChI is InChI=1S/C14H11NO3/c1-2-11-10-12(15(16)17)8-9-14(11)18-13-6-4-3-5-7-13/h2-10H,1H2. The quantitative estimate of drug-likeness (QED) is 0.599. The average Bonchev–Trinajstić information content (AvgIpc) is 2.40. The summed E-state index contributed by atoms with van der Waals surface area (Å²) in [6, 6.07) is 13.6. The molecule has 4 nitrogen and oxygen atoms in total. The number of nitro groups is 1. The fraction of sp³-hybridized carbons (Fsp3) is 0. The zero-order valence-corrected chi connectivity index (χ0v) is 9.58. The monoisotopic (exact) mass is 241 g/mol. The first-order chi connectivity index (χ1) is 8.70. The molecule has 90 valence electrons. The van der Waals surface area contributed by atoms with Gasteiger partial charge in [-0.2, -0.15) is 0 Å². The Morgan fingerprint density at radius 3 is 2.50 bits per heavy atom. The van der Waals surface area contributed by atoms with Crippen molar-refractivity contribution in [2.24, 2.45) is 0 Å². The topological polar surface area (TPSA) is 52.4 Å². The smallest absolute Gasteiger partial charge is 0.270 e. The Balaban J connectivity index is 2.34. The lowest BCUT2D eigenvalue weighted by Gasteiger charge is -2.08. The third kappa shape index (κ3) is 2.55. The largest absolute Gasteiger partial charge is 0.457 e. The molecule has 0 spiro atoms. The maximum Gasteiger partial charge on any atom is 0.270 e. The van der Waals surface area contributed by atoms with Crippen LogP contribution in [0.3, 0.4) is 0 Å². The Hall–Kier alpha value is -2.62. The Bertz CT molecular complexity index is 579. The van der Waals surface area contributed by atoms with Gasteiger partial charge in [-0.05, 0) is 18.2 Å². The Kier molecular flexibility index (Phi) is 3.38. The summed E-state index contributed by atoms with van der Waals surface area (Å²) in [7, 11) is 0. The lowest BCUT2D eigenvalue weighted by Crippen LogP contribution is -1.91. The van der Waals surface area contributed by atoms with Crippen molar-refractivity contribution >= 4 is 11.8 Å². The van der Waals surface area contributed by atoms with E-state index in [2.05, 4.69) is 6.58 Å². The number of ether oxygens (including phenoxy) is 1. The van der Waals surface area contributed by atoms with Crippen molar-refractivity contribution in [3.05, 3.63) is 70.8 Å². The molecule has 0 aromatic heterocycles. The summed E-state index contributed by atoms with van der Waals surface area (Å²) in [5.74, 6) is 1.22. The number of para-hydroxylation sites is 1. The van der Waals surface area contributed by atoms with Gasteiger partial charge in [-0.1, -0.05) is 30.9 Å². The van der Waals surface area contributed by atoms with Crippen LogP contribution >= 0.6 is 0 Å². The van der Waals surface area contributed by atoms with Gasteiger partial charge in [0, 0.05) is 17.7 Å². The van der Waals surface area contributed by atoms with E-state index in [1.54, 1.807) is 6.07 Å². The van der Waals surface area contributed by atoms with Crippen LogP contribution in [0.4, 0.5) is 5.69 Å². The maximum atomic E-state index is 10.7. The summed E-state index contributed by atoms with van der Waals surface area (Å²) in [5.41, 5.74) is 0.610. The van der Waals surface area contributed by atoms with Crippen LogP contribution in [0.5, 0.6) is 11.5 Å². The first-order valence-corrected chi connectivity index (χ1v) is 5.34. The molecule has 0 unspecified atom stereocenters. The van der Waals surface area contributed by atoms with Gasteiger partial charge < -0.3 is 4.74 Å². The van der Waals surface area contributed by atoms with Crippen molar-refractivity contribution in [2.75, 3.05) is 0 Å². The van der Waals surface area contributed by atoms with E-state index in [4.69, 9.17) is 4.74 Å². The second kappa shape index (κ2) is 5.14. The van der Waals surface area contributed by atoms with E-state index in [1.807, 2.05) is 30.3 Å². The number of rotatable bonds is 4. The molecule has 0 aliphatic heterocycles. The third-order valence-electron chi connectivity index (χ3n) is 2.40. The number of nitrogens with zero attached hydrogens (tertiary/aromatic N) is 1.